The summed E-state index contributed by atoms with van der Waals surface area (Å²) in [5, 5.41) is 9.96. The van der Waals surface area contributed by atoms with E-state index in [9.17, 15) is 4.79 Å². The van der Waals surface area contributed by atoms with Gasteiger partial charge in [0.2, 0.25) is 0 Å². The molecule has 100 valence electrons. The summed E-state index contributed by atoms with van der Waals surface area (Å²) >= 11 is 11.9. The number of aliphatic carboxylic acids is 1. The van der Waals surface area contributed by atoms with E-state index >= 15 is 0 Å². The number of hydrogen-bond acceptors (Lipinski definition) is 2. The summed E-state index contributed by atoms with van der Waals surface area (Å²) in [6.07, 6.45) is 0.0552. The van der Waals surface area contributed by atoms with Crippen LogP contribution >= 0.6 is 23.2 Å². The molecule has 1 atom stereocenters. The van der Waals surface area contributed by atoms with Gasteiger partial charge in [0.25, 0.3) is 0 Å². The van der Waals surface area contributed by atoms with Crippen molar-refractivity contribution >= 4 is 29.2 Å². The fraction of sp³-hybridized carbons (Fsp3) is 0.462. The first-order valence-corrected chi connectivity index (χ1v) is 6.66. The normalized spacial score (nSPS) is 12.7. The van der Waals surface area contributed by atoms with E-state index in [4.69, 9.17) is 28.3 Å². The number of nitrogens with zero attached hydrogens (tertiary/aromatic N) is 1. The molecule has 5 heteroatoms. The molecular weight excluding hydrogens is 273 g/mol. The highest BCUT2D eigenvalue weighted by Gasteiger charge is 2.21. The second-order valence-electron chi connectivity index (χ2n) is 4.01. The molecule has 0 bridgehead atoms. The molecule has 0 fully saturated rings. The van der Waals surface area contributed by atoms with Crippen molar-refractivity contribution in [1.29, 1.82) is 0 Å². The molecule has 1 unspecified atom stereocenters. The lowest BCUT2D eigenvalue weighted by atomic mass is 10.0. The van der Waals surface area contributed by atoms with Crippen LogP contribution in [0.15, 0.2) is 18.2 Å². The van der Waals surface area contributed by atoms with E-state index in [0.717, 1.165) is 18.7 Å². The molecule has 0 radical (unpaired) electrons. The monoisotopic (exact) mass is 289 g/mol. The summed E-state index contributed by atoms with van der Waals surface area (Å²) in [5.41, 5.74) is 0.885. The van der Waals surface area contributed by atoms with Crippen LogP contribution in [0, 0.1) is 0 Å². The molecule has 0 spiro atoms. The summed E-state index contributed by atoms with van der Waals surface area (Å²) < 4.78 is 0. The van der Waals surface area contributed by atoms with E-state index < -0.39 is 5.97 Å². The van der Waals surface area contributed by atoms with Crippen molar-refractivity contribution < 1.29 is 9.90 Å². The Morgan fingerprint density at radius 1 is 1.28 bits per heavy atom. The lowest BCUT2D eigenvalue weighted by Crippen LogP contribution is -2.30. The minimum Gasteiger partial charge on any atom is -0.481 e. The molecule has 1 aromatic rings. The standard InChI is InChI=1S/C13H17Cl2NO2/c1-3-16(4-2)12(8-13(17)18)9-5-6-10(14)11(15)7-9/h5-7,12H,3-4,8H2,1-2H3,(H,17,18). The Hall–Kier alpha value is -0.770. The van der Waals surface area contributed by atoms with Crippen LogP contribution in [0.4, 0.5) is 0 Å². The zero-order valence-electron chi connectivity index (χ0n) is 10.5. The first-order chi connectivity index (χ1) is 8.49. The summed E-state index contributed by atoms with van der Waals surface area (Å²) in [6.45, 7) is 5.59. The van der Waals surface area contributed by atoms with Gasteiger partial charge in [-0.25, -0.2) is 0 Å². The van der Waals surface area contributed by atoms with Crippen LogP contribution in [0.5, 0.6) is 0 Å². The maximum atomic E-state index is 11.0. The summed E-state index contributed by atoms with van der Waals surface area (Å²) in [5.74, 6) is -0.821. The molecule has 1 rings (SSSR count). The lowest BCUT2D eigenvalue weighted by Gasteiger charge is -2.29. The van der Waals surface area contributed by atoms with Crippen molar-refractivity contribution in [3.8, 4) is 0 Å². The van der Waals surface area contributed by atoms with E-state index in [1.807, 2.05) is 19.9 Å². The molecule has 0 aromatic heterocycles. The third-order valence-electron chi connectivity index (χ3n) is 2.95. The van der Waals surface area contributed by atoms with Gasteiger partial charge in [-0.15, -0.1) is 0 Å². The number of hydrogen-bond donors (Lipinski definition) is 1. The van der Waals surface area contributed by atoms with Crippen LogP contribution in [0.2, 0.25) is 10.0 Å². The predicted octanol–water partition coefficient (Wildman–Crippen LogP) is 3.85. The number of benzene rings is 1. The van der Waals surface area contributed by atoms with Gasteiger partial charge in [0.1, 0.15) is 0 Å². The molecule has 0 aliphatic heterocycles. The predicted molar refractivity (Wildman–Crippen MR) is 74.4 cm³/mol. The quantitative estimate of drug-likeness (QED) is 0.865. The maximum Gasteiger partial charge on any atom is 0.305 e. The topological polar surface area (TPSA) is 40.5 Å². The van der Waals surface area contributed by atoms with Gasteiger partial charge < -0.3 is 5.11 Å². The average Bonchev–Trinajstić information content (AvgIpc) is 2.32. The maximum absolute atomic E-state index is 11.0. The van der Waals surface area contributed by atoms with Gasteiger partial charge in [0, 0.05) is 6.04 Å². The average molecular weight is 290 g/mol. The molecular formula is C13H17Cl2NO2. The van der Waals surface area contributed by atoms with Crippen LogP contribution in [-0.2, 0) is 4.79 Å². The zero-order valence-corrected chi connectivity index (χ0v) is 12.0. The van der Waals surface area contributed by atoms with Crippen molar-refractivity contribution in [2.75, 3.05) is 13.1 Å². The molecule has 0 heterocycles. The molecule has 0 aliphatic carbocycles. The minimum atomic E-state index is -0.821. The van der Waals surface area contributed by atoms with Crippen molar-refractivity contribution in [3.63, 3.8) is 0 Å². The lowest BCUT2D eigenvalue weighted by molar-refractivity contribution is -0.138. The third-order valence-corrected chi connectivity index (χ3v) is 3.69. The fourth-order valence-corrected chi connectivity index (χ4v) is 2.31. The Balaban J connectivity index is 3.07. The van der Waals surface area contributed by atoms with Crippen molar-refractivity contribution in [3.05, 3.63) is 33.8 Å². The summed E-state index contributed by atoms with van der Waals surface area (Å²) in [4.78, 5) is 13.1. The molecule has 1 N–H and O–H groups in total. The van der Waals surface area contributed by atoms with Crippen LogP contribution < -0.4 is 0 Å². The van der Waals surface area contributed by atoms with E-state index in [2.05, 4.69) is 4.90 Å². The fourth-order valence-electron chi connectivity index (χ4n) is 2.01. The minimum absolute atomic E-state index is 0.0552. The van der Waals surface area contributed by atoms with Crippen LogP contribution in [0.1, 0.15) is 31.9 Å². The van der Waals surface area contributed by atoms with E-state index in [0.29, 0.717) is 10.0 Å². The highest BCUT2D eigenvalue weighted by Crippen LogP contribution is 2.30. The number of carboxylic acids is 1. The molecule has 3 nitrogen and oxygen atoms in total. The number of rotatable bonds is 6. The molecule has 0 saturated heterocycles. The smallest absolute Gasteiger partial charge is 0.305 e. The van der Waals surface area contributed by atoms with Crippen LogP contribution in [0.25, 0.3) is 0 Å². The summed E-state index contributed by atoms with van der Waals surface area (Å²) in [6, 6.07) is 5.11. The van der Waals surface area contributed by atoms with Gasteiger partial charge in [-0.05, 0) is 30.8 Å². The highest BCUT2D eigenvalue weighted by molar-refractivity contribution is 6.42. The van der Waals surface area contributed by atoms with Gasteiger partial charge >= 0.3 is 5.97 Å². The van der Waals surface area contributed by atoms with Crippen molar-refractivity contribution in [1.82, 2.24) is 4.90 Å². The third kappa shape index (κ3) is 3.87. The molecule has 1 aromatic carbocycles. The first kappa shape index (κ1) is 15.3. The Bertz CT molecular complexity index is 419. The van der Waals surface area contributed by atoms with E-state index in [1.54, 1.807) is 12.1 Å². The van der Waals surface area contributed by atoms with Crippen LogP contribution in [-0.4, -0.2) is 29.1 Å². The largest absolute Gasteiger partial charge is 0.481 e. The number of carbonyl (C=O) groups is 1. The second-order valence-corrected chi connectivity index (χ2v) is 4.82. The van der Waals surface area contributed by atoms with Gasteiger partial charge in [-0.3, -0.25) is 9.69 Å². The Kier molecular flexibility index (Phi) is 5.93. The summed E-state index contributed by atoms with van der Waals surface area (Å²) in [7, 11) is 0. The van der Waals surface area contributed by atoms with E-state index in [-0.39, 0.29) is 12.5 Å². The zero-order chi connectivity index (χ0) is 13.7. The first-order valence-electron chi connectivity index (χ1n) is 5.90. The Morgan fingerprint density at radius 3 is 2.33 bits per heavy atom. The highest BCUT2D eigenvalue weighted by atomic mass is 35.5. The SMILES string of the molecule is CCN(CC)C(CC(=O)O)c1ccc(Cl)c(Cl)c1. The Morgan fingerprint density at radius 2 is 1.89 bits per heavy atom. The van der Waals surface area contributed by atoms with Crippen LogP contribution in [0.3, 0.4) is 0 Å². The molecule has 0 aliphatic rings. The van der Waals surface area contributed by atoms with E-state index in [1.165, 1.54) is 0 Å². The number of carboxylic acid groups (broad SMARTS) is 1. The second kappa shape index (κ2) is 6.98. The van der Waals surface area contributed by atoms with Gasteiger partial charge in [-0.1, -0.05) is 43.1 Å². The van der Waals surface area contributed by atoms with Gasteiger partial charge in [0.05, 0.1) is 16.5 Å². The molecule has 0 amide bonds. The van der Waals surface area contributed by atoms with Gasteiger partial charge in [-0.2, -0.15) is 0 Å². The molecule has 0 saturated carbocycles. The van der Waals surface area contributed by atoms with Gasteiger partial charge in [0.15, 0.2) is 0 Å². The molecule has 18 heavy (non-hydrogen) atoms. The van der Waals surface area contributed by atoms with Crippen molar-refractivity contribution in [2.45, 2.75) is 26.3 Å². The Labute approximate surface area is 117 Å². The number of halogens is 2. The van der Waals surface area contributed by atoms with Crippen molar-refractivity contribution in [2.24, 2.45) is 0 Å².